The van der Waals surface area contributed by atoms with Crippen LogP contribution >= 0.6 is 0 Å². The van der Waals surface area contributed by atoms with E-state index in [0.717, 1.165) is 34.1 Å². The van der Waals surface area contributed by atoms with Gasteiger partial charge in [-0.2, -0.15) is 0 Å². The number of furan rings is 1. The van der Waals surface area contributed by atoms with E-state index in [-0.39, 0.29) is 6.04 Å². The van der Waals surface area contributed by atoms with Crippen LogP contribution in [0, 0.1) is 13.8 Å². The van der Waals surface area contributed by atoms with Gasteiger partial charge in [0.2, 0.25) is 0 Å². The van der Waals surface area contributed by atoms with Gasteiger partial charge in [0, 0.05) is 23.7 Å². The van der Waals surface area contributed by atoms with Gasteiger partial charge in [0.15, 0.2) is 0 Å². The van der Waals surface area contributed by atoms with Crippen molar-refractivity contribution in [1.29, 1.82) is 0 Å². The highest BCUT2D eigenvalue weighted by molar-refractivity contribution is 5.42. The molecule has 2 unspecified atom stereocenters. The molecule has 5 heteroatoms. The maximum atomic E-state index is 10.8. The number of hydrogen-bond donors (Lipinski definition) is 2. The molecule has 2 N–H and O–H groups in total. The van der Waals surface area contributed by atoms with E-state index in [2.05, 4.69) is 5.32 Å². The Kier molecular flexibility index (Phi) is 5.57. The van der Waals surface area contributed by atoms with E-state index in [4.69, 9.17) is 13.9 Å². The van der Waals surface area contributed by atoms with Crippen molar-refractivity contribution in [3.63, 3.8) is 0 Å². The van der Waals surface area contributed by atoms with Crippen molar-refractivity contribution in [2.45, 2.75) is 39.3 Å². The van der Waals surface area contributed by atoms with Gasteiger partial charge in [-0.3, -0.25) is 0 Å². The molecule has 24 heavy (non-hydrogen) atoms. The van der Waals surface area contributed by atoms with E-state index in [1.807, 2.05) is 45.0 Å². The Morgan fingerprint density at radius 1 is 1.21 bits per heavy atom. The second kappa shape index (κ2) is 7.28. The van der Waals surface area contributed by atoms with Crippen LogP contribution in [0.1, 0.15) is 42.5 Å². The van der Waals surface area contributed by atoms with Crippen LogP contribution in [0.15, 0.2) is 28.7 Å². The van der Waals surface area contributed by atoms with E-state index in [9.17, 15) is 5.11 Å². The lowest BCUT2D eigenvalue weighted by Gasteiger charge is -2.26. The number of aliphatic hydroxyl groups is 1. The van der Waals surface area contributed by atoms with Crippen LogP contribution in [0.4, 0.5) is 0 Å². The van der Waals surface area contributed by atoms with Gasteiger partial charge in [0.1, 0.15) is 28.6 Å². The Morgan fingerprint density at radius 2 is 1.92 bits per heavy atom. The first-order chi connectivity index (χ1) is 11.3. The van der Waals surface area contributed by atoms with E-state index in [0.29, 0.717) is 6.54 Å². The molecule has 2 aromatic rings. The molecule has 0 amide bonds. The van der Waals surface area contributed by atoms with Crippen LogP contribution in [0.5, 0.6) is 11.5 Å². The molecule has 0 saturated heterocycles. The summed E-state index contributed by atoms with van der Waals surface area (Å²) in [5.41, 5.74) is 0.757. The highest BCUT2D eigenvalue weighted by Crippen LogP contribution is 2.31. The van der Waals surface area contributed by atoms with Crippen molar-refractivity contribution in [2.24, 2.45) is 0 Å². The first kappa shape index (κ1) is 18.4. The lowest BCUT2D eigenvalue weighted by Crippen LogP contribution is -2.37. The van der Waals surface area contributed by atoms with Gasteiger partial charge in [-0.25, -0.2) is 0 Å². The molecule has 2 rings (SSSR count). The second-order valence-electron chi connectivity index (χ2n) is 6.31. The highest BCUT2D eigenvalue weighted by atomic mass is 16.5. The highest BCUT2D eigenvalue weighted by Gasteiger charge is 2.28. The van der Waals surface area contributed by atoms with Crippen molar-refractivity contribution >= 4 is 0 Å². The van der Waals surface area contributed by atoms with Gasteiger partial charge in [-0.15, -0.1) is 0 Å². The van der Waals surface area contributed by atoms with Gasteiger partial charge in [0.25, 0.3) is 0 Å². The third kappa shape index (κ3) is 3.91. The molecule has 0 radical (unpaired) electrons. The molecular formula is C19H27NO4. The summed E-state index contributed by atoms with van der Waals surface area (Å²) in [7, 11) is 3.28. The van der Waals surface area contributed by atoms with Crippen LogP contribution in [0.2, 0.25) is 0 Å². The number of benzene rings is 1. The number of ether oxygens (including phenoxy) is 2. The zero-order valence-corrected chi connectivity index (χ0v) is 15.3. The Hall–Kier alpha value is -1.98. The summed E-state index contributed by atoms with van der Waals surface area (Å²) < 4.78 is 16.3. The summed E-state index contributed by atoms with van der Waals surface area (Å²) in [6.07, 6.45) is 0. The minimum absolute atomic E-state index is 0.0187. The minimum atomic E-state index is -1.03. The molecule has 0 spiro atoms. The fraction of sp³-hybridized carbons (Fsp3) is 0.474. The molecule has 0 saturated carbocycles. The second-order valence-corrected chi connectivity index (χ2v) is 6.31. The normalized spacial score (nSPS) is 15.0. The zero-order chi connectivity index (χ0) is 17.9. The molecule has 1 aromatic heterocycles. The quantitative estimate of drug-likeness (QED) is 0.812. The molecule has 2 atom stereocenters. The predicted octanol–water partition coefficient (Wildman–Crippen LogP) is 3.47. The molecule has 1 heterocycles. The average molecular weight is 333 g/mol. The lowest BCUT2D eigenvalue weighted by molar-refractivity contribution is 0.0528. The monoisotopic (exact) mass is 333 g/mol. The maximum absolute atomic E-state index is 10.8. The van der Waals surface area contributed by atoms with Crippen molar-refractivity contribution in [2.75, 3.05) is 20.8 Å². The number of hydrogen-bond acceptors (Lipinski definition) is 5. The summed E-state index contributed by atoms with van der Waals surface area (Å²) in [6.45, 7) is 7.94. The molecule has 0 bridgehead atoms. The number of aryl methyl sites for hydroxylation is 2. The first-order valence-corrected chi connectivity index (χ1v) is 8.03. The van der Waals surface area contributed by atoms with Crippen LogP contribution in [-0.2, 0) is 5.60 Å². The topological polar surface area (TPSA) is 63.9 Å². The fourth-order valence-corrected chi connectivity index (χ4v) is 2.90. The molecule has 0 aliphatic carbocycles. The average Bonchev–Trinajstić information content (AvgIpc) is 2.91. The fourth-order valence-electron chi connectivity index (χ4n) is 2.90. The van der Waals surface area contributed by atoms with Crippen molar-refractivity contribution < 1.29 is 19.0 Å². The van der Waals surface area contributed by atoms with Crippen LogP contribution in [0.25, 0.3) is 0 Å². The summed E-state index contributed by atoms with van der Waals surface area (Å²) >= 11 is 0. The standard InChI is InChI=1S/C19H27NO4/c1-12-9-17(14(3)24-12)19(4,21)11-20-13(2)16-10-15(22-5)7-8-18(16)23-6/h7-10,13,20-21H,11H2,1-6H3. The predicted molar refractivity (Wildman–Crippen MR) is 93.7 cm³/mol. The SMILES string of the molecule is COc1ccc(OC)c(C(C)NCC(C)(O)c2cc(C)oc2C)c1. The van der Waals surface area contributed by atoms with Crippen molar-refractivity contribution in [3.05, 3.63) is 46.9 Å². The van der Waals surface area contributed by atoms with Crippen LogP contribution < -0.4 is 14.8 Å². The third-order valence-electron chi connectivity index (χ3n) is 4.28. The summed E-state index contributed by atoms with van der Waals surface area (Å²) in [4.78, 5) is 0. The van der Waals surface area contributed by atoms with Crippen LogP contribution in [-0.4, -0.2) is 25.9 Å². The maximum Gasteiger partial charge on any atom is 0.123 e. The molecule has 0 aliphatic heterocycles. The van der Waals surface area contributed by atoms with E-state index >= 15 is 0 Å². The number of nitrogens with one attached hydrogen (secondary N) is 1. The van der Waals surface area contributed by atoms with E-state index < -0.39 is 5.60 Å². The molecule has 0 fully saturated rings. The molecule has 1 aromatic carbocycles. The summed E-state index contributed by atoms with van der Waals surface area (Å²) in [5, 5.41) is 14.2. The Bertz CT molecular complexity index is 691. The van der Waals surface area contributed by atoms with Gasteiger partial charge in [-0.1, -0.05) is 0 Å². The van der Waals surface area contributed by atoms with Crippen molar-refractivity contribution in [1.82, 2.24) is 5.32 Å². The largest absolute Gasteiger partial charge is 0.497 e. The summed E-state index contributed by atoms with van der Waals surface area (Å²) in [6, 6.07) is 7.55. The Balaban J connectivity index is 2.15. The molecular weight excluding hydrogens is 306 g/mol. The van der Waals surface area contributed by atoms with Gasteiger partial charge in [0.05, 0.1) is 14.2 Å². The molecule has 0 aliphatic rings. The minimum Gasteiger partial charge on any atom is -0.497 e. The van der Waals surface area contributed by atoms with Crippen LogP contribution in [0.3, 0.4) is 0 Å². The molecule has 132 valence electrons. The molecule has 5 nitrogen and oxygen atoms in total. The van der Waals surface area contributed by atoms with E-state index in [1.165, 1.54) is 0 Å². The number of methoxy groups -OCH3 is 2. The third-order valence-corrected chi connectivity index (χ3v) is 4.28. The van der Waals surface area contributed by atoms with E-state index in [1.54, 1.807) is 21.1 Å². The smallest absolute Gasteiger partial charge is 0.123 e. The van der Waals surface area contributed by atoms with Gasteiger partial charge in [-0.05, 0) is 52.0 Å². The number of rotatable bonds is 7. The Labute approximate surface area is 143 Å². The lowest BCUT2D eigenvalue weighted by atomic mass is 9.95. The van der Waals surface area contributed by atoms with Gasteiger partial charge < -0.3 is 24.3 Å². The Morgan fingerprint density at radius 3 is 2.46 bits per heavy atom. The first-order valence-electron chi connectivity index (χ1n) is 8.03. The van der Waals surface area contributed by atoms with Gasteiger partial charge >= 0.3 is 0 Å². The van der Waals surface area contributed by atoms with Crippen molar-refractivity contribution in [3.8, 4) is 11.5 Å². The summed E-state index contributed by atoms with van der Waals surface area (Å²) in [5.74, 6) is 3.09. The zero-order valence-electron chi connectivity index (χ0n) is 15.3.